The number of nitrogens with zero attached hydrogens (tertiary/aromatic N) is 2. The van der Waals surface area contributed by atoms with E-state index >= 15 is 0 Å². The highest BCUT2D eigenvalue weighted by molar-refractivity contribution is 6.11. The molecule has 0 bridgehead atoms. The van der Waals surface area contributed by atoms with E-state index in [-0.39, 0.29) is 17.7 Å². The average molecular weight is 401 g/mol. The molecule has 30 heavy (non-hydrogen) atoms. The van der Waals surface area contributed by atoms with Crippen LogP contribution in [0.1, 0.15) is 33.7 Å². The fourth-order valence-corrected chi connectivity index (χ4v) is 3.95. The summed E-state index contributed by atoms with van der Waals surface area (Å²) in [6.45, 7) is 0.559. The predicted molar refractivity (Wildman–Crippen MR) is 111 cm³/mol. The van der Waals surface area contributed by atoms with E-state index in [2.05, 4.69) is 20.8 Å². The molecule has 3 N–H and O–H groups in total. The molecule has 2 aliphatic heterocycles. The Hall–Kier alpha value is -3.94. The van der Waals surface area contributed by atoms with Crippen molar-refractivity contribution in [3.05, 3.63) is 65.9 Å². The molecule has 5 rings (SSSR count). The number of benzene rings is 2. The van der Waals surface area contributed by atoms with E-state index in [0.29, 0.717) is 41.3 Å². The first-order valence-electron chi connectivity index (χ1n) is 9.78. The van der Waals surface area contributed by atoms with E-state index in [4.69, 9.17) is 0 Å². The second-order valence-corrected chi connectivity index (χ2v) is 7.39. The summed E-state index contributed by atoms with van der Waals surface area (Å²) in [5.41, 5.74) is 3.18. The zero-order valence-corrected chi connectivity index (χ0v) is 16.0. The molecule has 150 valence electrons. The second kappa shape index (κ2) is 7.14. The maximum absolute atomic E-state index is 12.9. The molecule has 1 fully saturated rings. The Labute approximate surface area is 172 Å². The van der Waals surface area contributed by atoms with Crippen molar-refractivity contribution in [1.82, 2.24) is 15.1 Å². The van der Waals surface area contributed by atoms with Gasteiger partial charge in [-0.15, -0.1) is 0 Å². The van der Waals surface area contributed by atoms with Crippen molar-refractivity contribution in [3.63, 3.8) is 0 Å². The van der Waals surface area contributed by atoms with Crippen LogP contribution in [0.3, 0.4) is 0 Å². The number of fused-ring (bicyclic) bond motifs is 2. The van der Waals surface area contributed by atoms with Crippen LogP contribution in [0.15, 0.2) is 54.6 Å². The third-order valence-electron chi connectivity index (χ3n) is 5.47. The molecule has 0 saturated carbocycles. The van der Waals surface area contributed by atoms with Gasteiger partial charge in [0.2, 0.25) is 5.91 Å². The molecule has 1 atom stereocenters. The van der Waals surface area contributed by atoms with Crippen molar-refractivity contribution >= 4 is 29.1 Å². The molecule has 2 aromatic carbocycles. The Balaban J connectivity index is 1.38. The molecule has 0 spiro atoms. The SMILES string of the molecule is O=C(Nc1ccc2c(c1)C(=O)N1CCC[C@H]1C(=O)N2)c1cc(-c2ccccc2)n[nH]1. The van der Waals surface area contributed by atoms with Crippen molar-refractivity contribution in [2.75, 3.05) is 17.2 Å². The molecule has 0 radical (unpaired) electrons. The molecule has 0 aliphatic carbocycles. The standard InChI is InChI=1S/C22H19N5O3/c28-20(18-12-17(25-26-18)13-5-2-1-3-6-13)23-14-8-9-16-15(11-14)22(30)27-10-4-7-19(27)21(29)24-16/h1-3,5-6,8-9,11-12,19H,4,7,10H2,(H,23,28)(H,24,29)(H,25,26)/t19-/m0/s1. The van der Waals surface area contributed by atoms with Crippen LogP contribution in [0.4, 0.5) is 11.4 Å². The van der Waals surface area contributed by atoms with Crippen molar-refractivity contribution in [2.24, 2.45) is 0 Å². The molecule has 3 aromatic rings. The minimum atomic E-state index is -0.427. The summed E-state index contributed by atoms with van der Waals surface area (Å²) in [5, 5.41) is 12.6. The van der Waals surface area contributed by atoms with Crippen LogP contribution in [0.25, 0.3) is 11.3 Å². The highest BCUT2D eigenvalue weighted by atomic mass is 16.2. The van der Waals surface area contributed by atoms with Crippen LogP contribution >= 0.6 is 0 Å². The van der Waals surface area contributed by atoms with E-state index in [9.17, 15) is 14.4 Å². The molecular weight excluding hydrogens is 382 g/mol. The lowest BCUT2D eigenvalue weighted by atomic mass is 10.1. The Morgan fingerprint density at radius 3 is 2.77 bits per heavy atom. The summed E-state index contributed by atoms with van der Waals surface area (Å²) in [6, 6.07) is 15.7. The number of rotatable bonds is 3. The van der Waals surface area contributed by atoms with Gasteiger partial charge in [-0.3, -0.25) is 19.5 Å². The number of H-pyrrole nitrogens is 1. The zero-order valence-electron chi connectivity index (χ0n) is 16.0. The molecule has 8 heteroatoms. The topological polar surface area (TPSA) is 107 Å². The van der Waals surface area contributed by atoms with E-state index in [1.54, 1.807) is 29.2 Å². The number of aromatic amines is 1. The van der Waals surface area contributed by atoms with Crippen LogP contribution in [0.5, 0.6) is 0 Å². The molecule has 1 saturated heterocycles. The molecule has 3 heterocycles. The number of hydrogen-bond donors (Lipinski definition) is 3. The Kier molecular flexibility index (Phi) is 4.31. The normalized spacial score (nSPS) is 17.7. The van der Waals surface area contributed by atoms with E-state index in [1.807, 2.05) is 30.3 Å². The van der Waals surface area contributed by atoms with Gasteiger partial charge < -0.3 is 15.5 Å². The number of hydrogen-bond acceptors (Lipinski definition) is 4. The van der Waals surface area contributed by atoms with Gasteiger partial charge in [-0.25, -0.2) is 0 Å². The number of carbonyl (C=O) groups is 3. The summed E-state index contributed by atoms with van der Waals surface area (Å²) in [4.78, 5) is 39.6. The number of aromatic nitrogens is 2. The van der Waals surface area contributed by atoms with Crippen LogP contribution < -0.4 is 10.6 Å². The molecular formula is C22H19N5O3. The fraction of sp³-hybridized carbons (Fsp3) is 0.182. The lowest BCUT2D eigenvalue weighted by molar-refractivity contribution is -0.119. The predicted octanol–water partition coefficient (Wildman–Crippen LogP) is 2.89. The smallest absolute Gasteiger partial charge is 0.273 e. The van der Waals surface area contributed by atoms with Gasteiger partial charge in [-0.05, 0) is 37.1 Å². The van der Waals surface area contributed by atoms with Gasteiger partial charge in [0.15, 0.2) is 0 Å². The number of carbonyl (C=O) groups excluding carboxylic acids is 3. The van der Waals surface area contributed by atoms with Gasteiger partial charge in [0.25, 0.3) is 11.8 Å². The van der Waals surface area contributed by atoms with Crippen molar-refractivity contribution in [1.29, 1.82) is 0 Å². The van der Waals surface area contributed by atoms with Crippen molar-refractivity contribution in [2.45, 2.75) is 18.9 Å². The maximum atomic E-state index is 12.9. The van der Waals surface area contributed by atoms with Gasteiger partial charge >= 0.3 is 0 Å². The second-order valence-electron chi connectivity index (χ2n) is 7.39. The fourth-order valence-electron chi connectivity index (χ4n) is 3.95. The lowest BCUT2D eigenvalue weighted by Crippen LogP contribution is -2.40. The summed E-state index contributed by atoms with van der Waals surface area (Å²) in [6.07, 6.45) is 1.47. The first-order valence-corrected chi connectivity index (χ1v) is 9.78. The Morgan fingerprint density at radius 1 is 1.10 bits per heavy atom. The van der Waals surface area contributed by atoms with Gasteiger partial charge in [-0.2, -0.15) is 5.10 Å². The summed E-state index contributed by atoms with van der Waals surface area (Å²) in [7, 11) is 0. The van der Waals surface area contributed by atoms with E-state index in [1.165, 1.54) is 0 Å². The van der Waals surface area contributed by atoms with Gasteiger partial charge in [-0.1, -0.05) is 30.3 Å². The highest BCUT2D eigenvalue weighted by Gasteiger charge is 2.38. The largest absolute Gasteiger partial charge is 0.327 e. The minimum absolute atomic E-state index is 0.165. The number of anilines is 2. The van der Waals surface area contributed by atoms with Crippen molar-refractivity contribution in [3.8, 4) is 11.3 Å². The first-order chi connectivity index (χ1) is 14.6. The molecule has 3 amide bonds. The first kappa shape index (κ1) is 18.1. The van der Waals surface area contributed by atoms with E-state index in [0.717, 1.165) is 12.0 Å². The maximum Gasteiger partial charge on any atom is 0.273 e. The van der Waals surface area contributed by atoms with Crippen LogP contribution in [0.2, 0.25) is 0 Å². The Bertz CT molecular complexity index is 1150. The number of amides is 3. The molecule has 2 aliphatic rings. The van der Waals surface area contributed by atoms with Crippen LogP contribution in [-0.2, 0) is 4.79 Å². The van der Waals surface area contributed by atoms with Crippen molar-refractivity contribution < 1.29 is 14.4 Å². The van der Waals surface area contributed by atoms with Crippen LogP contribution in [0, 0.1) is 0 Å². The highest BCUT2D eigenvalue weighted by Crippen LogP contribution is 2.30. The summed E-state index contributed by atoms with van der Waals surface area (Å²) < 4.78 is 0. The minimum Gasteiger partial charge on any atom is -0.327 e. The van der Waals surface area contributed by atoms with Gasteiger partial charge in [0.05, 0.1) is 16.9 Å². The quantitative estimate of drug-likeness (QED) is 0.627. The van der Waals surface area contributed by atoms with Crippen LogP contribution in [-0.4, -0.2) is 45.4 Å². The van der Waals surface area contributed by atoms with E-state index < -0.39 is 6.04 Å². The average Bonchev–Trinajstić information content (AvgIpc) is 3.43. The molecule has 8 nitrogen and oxygen atoms in total. The summed E-state index contributed by atoms with van der Waals surface area (Å²) >= 11 is 0. The van der Waals surface area contributed by atoms with Gasteiger partial charge in [0, 0.05) is 17.8 Å². The van der Waals surface area contributed by atoms with Gasteiger partial charge in [0.1, 0.15) is 11.7 Å². The number of nitrogens with one attached hydrogen (secondary N) is 3. The Morgan fingerprint density at radius 2 is 1.93 bits per heavy atom. The third-order valence-corrected chi connectivity index (χ3v) is 5.47. The molecule has 1 aromatic heterocycles. The third kappa shape index (κ3) is 3.12. The lowest BCUT2D eigenvalue weighted by Gasteiger charge is -2.20. The monoisotopic (exact) mass is 401 g/mol. The zero-order chi connectivity index (χ0) is 20.7. The summed E-state index contributed by atoms with van der Waals surface area (Å²) in [5.74, 6) is -0.731. The molecule has 0 unspecified atom stereocenters.